The molecule has 4 rings (SSSR count). The Morgan fingerprint density at radius 1 is 1.25 bits per heavy atom. The second kappa shape index (κ2) is 8.93. The number of rotatable bonds is 6. The van der Waals surface area contributed by atoms with E-state index in [0.29, 0.717) is 23.2 Å². The fourth-order valence-electron chi connectivity index (χ4n) is 3.90. The van der Waals surface area contributed by atoms with Gasteiger partial charge in [-0.25, -0.2) is 4.79 Å². The molecule has 9 heteroatoms. The lowest BCUT2D eigenvalue weighted by Crippen LogP contribution is -2.44. The molecule has 4 N–H and O–H groups in total. The van der Waals surface area contributed by atoms with E-state index in [2.05, 4.69) is 20.8 Å². The van der Waals surface area contributed by atoms with Crippen LogP contribution in [0.25, 0.3) is 17.2 Å². The van der Waals surface area contributed by atoms with Crippen LogP contribution in [0.1, 0.15) is 34.1 Å². The predicted molar refractivity (Wildman–Crippen MR) is 118 cm³/mol. The molecule has 0 saturated carbocycles. The average Bonchev–Trinajstić information content (AvgIpc) is 3.02. The molecule has 1 aromatic rings. The van der Waals surface area contributed by atoms with Gasteiger partial charge in [-0.2, -0.15) is 5.10 Å². The van der Waals surface area contributed by atoms with Crippen molar-refractivity contribution in [2.45, 2.75) is 25.9 Å². The molecule has 0 saturated heterocycles. The molecule has 2 aliphatic heterocycles. The first-order chi connectivity index (χ1) is 15.4. The molecular weight excluding hydrogens is 410 g/mol. The van der Waals surface area contributed by atoms with Gasteiger partial charge in [-0.15, -0.1) is 0 Å². The van der Waals surface area contributed by atoms with Gasteiger partial charge in [-0.1, -0.05) is 30.3 Å². The fourth-order valence-corrected chi connectivity index (χ4v) is 3.90. The van der Waals surface area contributed by atoms with E-state index in [0.717, 1.165) is 16.7 Å². The number of carbonyl (C=O) groups is 3. The number of amides is 3. The maximum atomic E-state index is 13.3. The van der Waals surface area contributed by atoms with Crippen LogP contribution in [0, 0.1) is 0 Å². The van der Waals surface area contributed by atoms with Crippen LogP contribution in [0.5, 0.6) is 0 Å². The molecule has 32 heavy (non-hydrogen) atoms. The summed E-state index contributed by atoms with van der Waals surface area (Å²) in [5.41, 5.74) is 4.40. The minimum atomic E-state index is -1.16. The van der Waals surface area contributed by atoms with Crippen molar-refractivity contribution in [2.75, 3.05) is 6.54 Å². The summed E-state index contributed by atoms with van der Waals surface area (Å²) in [6.45, 7) is 1.77. The Labute approximate surface area is 184 Å². The first-order valence-corrected chi connectivity index (χ1v) is 10.2. The van der Waals surface area contributed by atoms with Gasteiger partial charge < -0.3 is 20.6 Å². The zero-order valence-corrected chi connectivity index (χ0v) is 17.5. The zero-order chi connectivity index (χ0) is 22.7. The van der Waals surface area contributed by atoms with Crippen LogP contribution < -0.4 is 10.6 Å². The molecular formula is C23H23N5O4. The van der Waals surface area contributed by atoms with E-state index in [1.165, 1.54) is 11.8 Å². The van der Waals surface area contributed by atoms with E-state index in [1.54, 1.807) is 24.5 Å². The van der Waals surface area contributed by atoms with Gasteiger partial charge in [0.15, 0.2) is 0 Å². The maximum Gasteiger partial charge on any atom is 0.404 e. The highest BCUT2D eigenvalue weighted by atomic mass is 16.4. The van der Waals surface area contributed by atoms with Crippen LogP contribution in [0.3, 0.4) is 0 Å². The molecule has 164 valence electrons. The predicted octanol–water partition coefficient (Wildman–Crippen LogP) is 2.46. The number of hydrogen-bond acceptors (Lipinski definition) is 4. The van der Waals surface area contributed by atoms with Gasteiger partial charge in [-0.3, -0.25) is 14.7 Å². The van der Waals surface area contributed by atoms with Crippen molar-refractivity contribution in [3.05, 3.63) is 71.2 Å². The first kappa shape index (κ1) is 21.1. The van der Waals surface area contributed by atoms with Crippen molar-refractivity contribution >= 4 is 24.0 Å². The summed E-state index contributed by atoms with van der Waals surface area (Å²) in [4.78, 5) is 37.9. The number of aromatic amines is 1. The van der Waals surface area contributed by atoms with Gasteiger partial charge in [0.05, 0.1) is 18.3 Å². The molecule has 1 aromatic carbocycles. The Bertz CT molecular complexity index is 1150. The number of benzene rings is 1. The summed E-state index contributed by atoms with van der Waals surface area (Å²) in [7, 11) is 0. The van der Waals surface area contributed by atoms with Crippen molar-refractivity contribution in [1.29, 1.82) is 0 Å². The van der Waals surface area contributed by atoms with Crippen LogP contribution in [0.4, 0.5) is 4.79 Å². The third-order valence-corrected chi connectivity index (χ3v) is 5.43. The van der Waals surface area contributed by atoms with Gasteiger partial charge in [0, 0.05) is 42.6 Å². The van der Waals surface area contributed by atoms with Gasteiger partial charge in [0.2, 0.25) is 5.91 Å². The summed E-state index contributed by atoms with van der Waals surface area (Å²) in [6, 6.07) is 10.8. The highest BCUT2D eigenvalue weighted by Crippen LogP contribution is 2.36. The minimum Gasteiger partial charge on any atom is -0.465 e. The summed E-state index contributed by atoms with van der Waals surface area (Å²) in [5.74, 6) is -0.480. The highest BCUT2D eigenvalue weighted by Gasteiger charge is 2.28. The first-order valence-electron chi connectivity index (χ1n) is 10.2. The molecule has 3 aliphatic rings. The van der Waals surface area contributed by atoms with Gasteiger partial charge >= 0.3 is 6.09 Å². The smallest absolute Gasteiger partial charge is 0.404 e. The molecule has 3 amide bonds. The third-order valence-electron chi connectivity index (χ3n) is 5.43. The second-order valence-electron chi connectivity index (χ2n) is 7.65. The standard InChI is InChI=1S/C23H23N5O4/c1-14(29)28-8-7-20-21-16(11-25-27-20)10-18(19(21)13-28)22(30)26-17(12-24-23(31)32)9-15-5-3-2-4-6-15/h2-8,10-11,17,24-25H,9,12-13H2,1H3,(H,26,30)(H,31,32)/t17-/m0/s1. The van der Waals surface area contributed by atoms with Gasteiger partial charge in [0.25, 0.3) is 5.91 Å². The Morgan fingerprint density at radius 2 is 2.03 bits per heavy atom. The monoisotopic (exact) mass is 433 g/mol. The summed E-state index contributed by atoms with van der Waals surface area (Å²) in [6.07, 6.45) is 4.42. The summed E-state index contributed by atoms with van der Waals surface area (Å²) >= 11 is 0. The second-order valence-corrected chi connectivity index (χ2v) is 7.65. The average molecular weight is 433 g/mol. The van der Waals surface area contributed by atoms with Crippen molar-refractivity contribution < 1.29 is 19.5 Å². The molecule has 1 aliphatic carbocycles. The topological polar surface area (TPSA) is 127 Å². The van der Waals surface area contributed by atoms with Crippen LogP contribution in [-0.2, 0) is 17.8 Å². The van der Waals surface area contributed by atoms with E-state index in [9.17, 15) is 14.4 Å². The Balaban J connectivity index is 1.64. The fraction of sp³-hybridized carbons (Fsp3) is 0.217. The summed E-state index contributed by atoms with van der Waals surface area (Å²) in [5, 5.41) is 21.5. The van der Waals surface area contributed by atoms with Crippen molar-refractivity contribution in [3.8, 4) is 11.1 Å². The van der Waals surface area contributed by atoms with Crippen molar-refractivity contribution in [1.82, 2.24) is 25.7 Å². The molecule has 0 radical (unpaired) electrons. The van der Waals surface area contributed by atoms with E-state index in [4.69, 9.17) is 5.11 Å². The number of carboxylic acid groups (broad SMARTS) is 1. The maximum absolute atomic E-state index is 13.3. The molecule has 1 atom stereocenters. The SMILES string of the molecule is CC(=O)N1C=Cc2n[nH]cc3cc(C(=O)N[C@H](CNC(=O)O)Cc4ccccc4)c(c2-3)C1. The molecule has 0 spiro atoms. The van der Waals surface area contributed by atoms with Gasteiger partial charge in [-0.05, 0) is 29.7 Å². The van der Waals surface area contributed by atoms with Gasteiger partial charge in [0.1, 0.15) is 0 Å². The van der Waals surface area contributed by atoms with E-state index in [-0.39, 0.29) is 24.9 Å². The van der Waals surface area contributed by atoms with E-state index >= 15 is 0 Å². The minimum absolute atomic E-state index is 0.0627. The molecule has 2 heterocycles. The largest absolute Gasteiger partial charge is 0.465 e. The Kier molecular flexibility index (Phi) is 5.89. The quantitative estimate of drug-likeness (QED) is 0.475. The van der Waals surface area contributed by atoms with Crippen LogP contribution in [0.2, 0.25) is 0 Å². The molecule has 0 bridgehead atoms. The number of carbonyl (C=O) groups excluding carboxylic acids is 2. The third kappa shape index (κ3) is 4.46. The summed E-state index contributed by atoms with van der Waals surface area (Å²) < 4.78 is 0. The Morgan fingerprint density at radius 3 is 2.75 bits per heavy atom. The highest BCUT2D eigenvalue weighted by molar-refractivity contribution is 6.02. The normalized spacial score (nSPS) is 13.5. The lowest BCUT2D eigenvalue weighted by Gasteiger charge is -2.20. The lowest BCUT2D eigenvalue weighted by atomic mass is 10.0. The van der Waals surface area contributed by atoms with Crippen molar-refractivity contribution in [3.63, 3.8) is 0 Å². The van der Waals surface area contributed by atoms with E-state index in [1.807, 2.05) is 30.3 Å². The lowest BCUT2D eigenvalue weighted by molar-refractivity contribution is -0.126. The van der Waals surface area contributed by atoms with Crippen LogP contribution in [-0.4, -0.2) is 50.7 Å². The van der Waals surface area contributed by atoms with Crippen molar-refractivity contribution in [2.24, 2.45) is 0 Å². The number of nitrogens with zero attached hydrogens (tertiary/aromatic N) is 2. The Hall–Kier alpha value is -4.14. The molecule has 0 fully saturated rings. The number of hydrogen-bond donors (Lipinski definition) is 4. The number of nitrogens with one attached hydrogen (secondary N) is 3. The zero-order valence-electron chi connectivity index (χ0n) is 17.5. The molecule has 9 nitrogen and oxygen atoms in total. The molecule has 0 aromatic heterocycles. The molecule has 0 unspecified atom stereocenters. The van der Waals surface area contributed by atoms with Crippen LogP contribution >= 0.6 is 0 Å². The number of H-pyrrole nitrogens is 1. The van der Waals surface area contributed by atoms with E-state index < -0.39 is 12.1 Å². The number of aromatic nitrogens is 2. The van der Waals surface area contributed by atoms with Crippen LogP contribution in [0.15, 0.2) is 48.8 Å².